The van der Waals surface area contributed by atoms with E-state index in [1.54, 1.807) is 6.33 Å². The van der Waals surface area contributed by atoms with Crippen LogP contribution in [0.15, 0.2) is 36.8 Å². The quantitative estimate of drug-likeness (QED) is 0.507. The first-order valence-electron chi connectivity index (χ1n) is 7.13. The third-order valence-corrected chi connectivity index (χ3v) is 3.56. The predicted molar refractivity (Wildman–Crippen MR) is 81.6 cm³/mol. The Balaban J connectivity index is 0.000000471. The average Bonchev–Trinajstić information content (AvgIpc) is 3.02. The molecule has 9 nitrogen and oxygen atoms in total. The minimum Gasteiger partial charge on any atom is -0.490 e. The molecule has 2 heterocycles. The number of methoxy groups -OCH3 is 1. The Labute approximate surface area is 137 Å². The van der Waals surface area contributed by atoms with Crippen molar-refractivity contribution in [1.82, 2.24) is 9.55 Å². The van der Waals surface area contributed by atoms with E-state index in [0.717, 1.165) is 17.7 Å². The fraction of sp³-hybridized carbons (Fsp3) is 0.333. The van der Waals surface area contributed by atoms with Gasteiger partial charge >= 0.3 is 5.97 Å². The van der Waals surface area contributed by atoms with Crippen LogP contribution in [0, 0.1) is 10.1 Å². The van der Waals surface area contributed by atoms with Crippen LogP contribution >= 0.6 is 0 Å². The lowest BCUT2D eigenvalue weighted by Crippen LogP contribution is -2.28. The number of hydrogen-bond acceptors (Lipinski definition) is 6. The fourth-order valence-electron chi connectivity index (χ4n) is 2.65. The first-order chi connectivity index (χ1) is 11.4. The molecule has 1 aliphatic rings. The molecule has 0 spiro atoms. The van der Waals surface area contributed by atoms with Gasteiger partial charge in [-0.2, -0.15) is 0 Å². The summed E-state index contributed by atoms with van der Waals surface area (Å²) in [6.07, 6.45) is 4.08. The van der Waals surface area contributed by atoms with Gasteiger partial charge in [-0.05, 0) is 13.0 Å². The lowest BCUT2D eigenvalue weighted by molar-refractivity contribution is -0.742. The highest BCUT2D eigenvalue weighted by atomic mass is 16.9. The lowest BCUT2D eigenvalue weighted by Gasteiger charge is -2.31. The van der Waals surface area contributed by atoms with Crippen molar-refractivity contribution >= 4 is 5.97 Å². The predicted octanol–water partition coefficient (Wildman–Crippen LogP) is 2.08. The van der Waals surface area contributed by atoms with Crippen LogP contribution in [0.4, 0.5) is 0 Å². The summed E-state index contributed by atoms with van der Waals surface area (Å²) >= 11 is 0. The van der Waals surface area contributed by atoms with Gasteiger partial charge in [0.05, 0.1) is 31.8 Å². The zero-order valence-corrected chi connectivity index (χ0v) is 13.2. The van der Waals surface area contributed by atoms with Gasteiger partial charge in [-0.25, -0.2) is 9.78 Å². The van der Waals surface area contributed by atoms with E-state index in [0.29, 0.717) is 5.69 Å². The van der Waals surface area contributed by atoms with Gasteiger partial charge in [0.15, 0.2) is 0 Å². The summed E-state index contributed by atoms with van der Waals surface area (Å²) in [5, 5.41) is 13.6. The Morgan fingerprint density at radius 3 is 2.83 bits per heavy atom. The molecule has 1 N–H and O–H groups in total. The molecule has 1 aromatic heterocycles. The molecule has 0 unspecified atom stereocenters. The Kier molecular flexibility index (Phi) is 5.35. The summed E-state index contributed by atoms with van der Waals surface area (Å²) in [6, 6.07) is 7.93. The van der Waals surface area contributed by atoms with Gasteiger partial charge in [0.1, 0.15) is 11.4 Å². The molecule has 0 radical (unpaired) electrons. The Hall–Kier alpha value is -3.10. The topological polar surface area (TPSA) is 117 Å². The highest BCUT2D eigenvalue weighted by Crippen LogP contribution is 2.37. The number of esters is 1. The molecule has 24 heavy (non-hydrogen) atoms. The van der Waals surface area contributed by atoms with Crippen molar-refractivity contribution in [2.45, 2.75) is 25.5 Å². The van der Waals surface area contributed by atoms with Crippen LogP contribution in [0.2, 0.25) is 0 Å². The normalized spacial score (nSPS) is 18.4. The second-order valence-corrected chi connectivity index (χ2v) is 5.13. The van der Waals surface area contributed by atoms with E-state index in [2.05, 4.69) is 4.98 Å². The monoisotopic (exact) mass is 335 g/mol. The van der Waals surface area contributed by atoms with Crippen molar-refractivity contribution in [2.75, 3.05) is 7.11 Å². The van der Waals surface area contributed by atoms with Gasteiger partial charge < -0.3 is 19.2 Å². The number of carbonyl (C=O) groups is 1. The number of hydrogen-bond donors (Lipinski definition) is 1. The van der Waals surface area contributed by atoms with E-state index in [9.17, 15) is 4.79 Å². The summed E-state index contributed by atoms with van der Waals surface area (Å²) in [5.41, 5.74) is 1.52. The molecule has 0 bridgehead atoms. The maximum Gasteiger partial charge on any atom is 0.356 e. The van der Waals surface area contributed by atoms with Crippen molar-refractivity contribution in [3.05, 3.63) is 58.2 Å². The second-order valence-electron chi connectivity index (χ2n) is 5.13. The smallest absolute Gasteiger partial charge is 0.356 e. The van der Waals surface area contributed by atoms with E-state index < -0.39 is 5.09 Å². The van der Waals surface area contributed by atoms with Crippen molar-refractivity contribution in [3.8, 4) is 5.75 Å². The van der Waals surface area contributed by atoms with Gasteiger partial charge in [-0.1, -0.05) is 18.2 Å². The number of nitrogens with zero attached hydrogens (tertiary/aromatic N) is 3. The molecule has 128 valence electrons. The molecule has 0 saturated heterocycles. The molecule has 2 atom stereocenters. The maximum atomic E-state index is 11.8. The number of rotatable bonds is 2. The van der Waals surface area contributed by atoms with Crippen molar-refractivity contribution in [3.63, 3.8) is 0 Å². The second kappa shape index (κ2) is 7.44. The van der Waals surface area contributed by atoms with Crippen molar-refractivity contribution in [2.24, 2.45) is 0 Å². The van der Waals surface area contributed by atoms with E-state index in [4.69, 9.17) is 24.8 Å². The summed E-state index contributed by atoms with van der Waals surface area (Å²) in [7, 11) is 1.38. The SMILES string of the molecule is COC(=O)c1cncn1[C@@H]1C[C@H](C)Oc2ccccc21.O=[N+]([O-])O. The number of imidazole rings is 1. The molecule has 0 amide bonds. The largest absolute Gasteiger partial charge is 0.490 e. The average molecular weight is 335 g/mol. The summed E-state index contributed by atoms with van der Waals surface area (Å²) in [4.78, 5) is 24.3. The zero-order chi connectivity index (χ0) is 17.7. The zero-order valence-electron chi connectivity index (χ0n) is 13.2. The molecule has 3 rings (SSSR count). The van der Waals surface area contributed by atoms with Gasteiger partial charge in [0.25, 0.3) is 5.09 Å². The van der Waals surface area contributed by atoms with Gasteiger partial charge in [0.2, 0.25) is 0 Å². The molecule has 2 aromatic rings. The van der Waals surface area contributed by atoms with Crippen LogP contribution in [-0.2, 0) is 4.74 Å². The minimum absolute atomic E-state index is 0.0338. The van der Waals surface area contributed by atoms with Crippen molar-refractivity contribution in [1.29, 1.82) is 0 Å². The number of aromatic nitrogens is 2. The first-order valence-corrected chi connectivity index (χ1v) is 7.13. The molecule has 1 aliphatic heterocycles. The third kappa shape index (κ3) is 3.80. The molecular formula is C15H17N3O6. The van der Waals surface area contributed by atoms with Crippen molar-refractivity contribution < 1.29 is 24.6 Å². The fourth-order valence-corrected chi connectivity index (χ4v) is 2.65. The Morgan fingerprint density at radius 2 is 2.17 bits per heavy atom. The van der Waals surface area contributed by atoms with Crippen LogP contribution in [0.25, 0.3) is 0 Å². The Morgan fingerprint density at radius 1 is 1.50 bits per heavy atom. The number of benzene rings is 1. The number of para-hydroxylation sites is 1. The number of ether oxygens (including phenoxy) is 2. The lowest BCUT2D eigenvalue weighted by atomic mass is 9.96. The number of fused-ring (bicyclic) bond motifs is 1. The van der Waals surface area contributed by atoms with Crippen LogP contribution in [0.5, 0.6) is 5.75 Å². The van der Waals surface area contributed by atoms with E-state index in [-0.39, 0.29) is 18.1 Å². The highest BCUT2D eigenvalue weighted by Gasteiger charge is 2.29. The van der Waals surface area contributed by atoms with Gasteiger partial charge in [0, 0.05) is 12.0 Å². The van der Waals surface area contributed by atoms with Gasteiger partial charge in [-0.3, -0.25) is 0 Å². The number of carbonyl (C=O) groups excluding carboxylic acids is 1. The summed E-state index contributed by atoms with van der Waals surface area (Å²) in [5.74, 6) is 0.486. The van der Waals surface area contributed by atoms with Crippen LogP contribution in [0.3, 0.4) is 0 Å². The van der Waals surface area contributed by atoms with Crippen LogP contribution in [0.1, 0.15) is 35.4 Å². The molecular weight excluding hydrogens is 318 g/mol. The van der Waals surface area contributed by atoms with Crippen LogP contribution < -0.4 is 4.74 Å². The molecule has 0 aliphatic carbocycles. The van der Waals surface area contributed by atoms with Crippen LogP contribution in [-0.4, -0.2) is 39.0 Å². The standard InChI is InChI=1S/C15H16N2O3.HNO3/c1-10-7-12(11-5-3-4-6-14(11)20-10)17-9-16-8-13(17)15(18)19-2;2-1(3)4/h3-6,8-10,12H,7H2,1-2H3;(H,2,3,4)/t10-,12+;/m0./s1. The maximum absolute atomic E-state index is 11.8. The van der Waals surface area contributed by atoms with Gasteiger partial charge in [-0.15, -0.1) is 10.1 Å². The summed E-state index contributed by atoms with van der Waals surface area (Å²) in [6.45, 7) is 2.03. The Bertz CT molecular complexity index is 726. The molecule has 0 fully saturated rings. The van der Waals surface area contributed by atoms with E-state index >= 15 is 0 Å². The molecule has 9 heteroatoms. The highest BCUT2D eigenvalue weighted by molar-refractivity contribution is 5.87. The molecule has 1 aromatic carbocycles. The summed E-state index contributed by atoms with van der Waals surface area (Å²) < 4.78 is 12.5. The first kappa shape index (κ1) is 17.3. The molecule has 0 saturated carbocycles. The van der Waals surface area contributed by atoms with E-state index in [1.165, 1.54) is 13.3 Å². The third-order valence-electron chi connectivity index (χ3n) is 3.56. The van der Waals surface area contributed by atoms with E-state index in [1.807, 2.05) is 35.8 Å². The minimum atomic E-state index is -1.50.